The number of hydrogen-bond acceptors (Lipinski definition) is 1. The molecule has 0 aliphatic carbocycles. The molecule has 4 aromatic carbocycles. The van der Waals surface area contributed by atoms with Gasteiger partial charge in [-0.25, -0.2) is 4.99 Å². The normalized spacial score (nSPS) is 17.3. The highest BCUT2D eigenvalue weighted by Crippen LogP contribution is 2.41. The van der Waals surface area contributed by atoms with E-state index in [1.54, 1.807) is 0 Å². The van der Waals surface area contributed by atoms with Crippen LogP contribution in [0.3, 0.4) is 0 Å². The molecule has 0 amide bonds. The van der Waals surface area contributed by atoms with Crippen molar-refractivity contribution in [1.29, 1.82) is 0 Å². The molecular weight excluding hydrogens is 364 g/mol. The lowest BCUT2D eigenvalue weighted by molar-refractivity contribution is 0.653. The monoisotopic (exact) mass is 390 g/mol. The van der Waals surface area contributed by atoms with E-state index in [-0.39, 0.29) is 0 Å². The van der Waals surface area contributed by atoms with Crippen LogP contribution in [0.25, 0.3) is 10.8 Å². The van der Waals surface area contributed by atoms with Crippen LogP contribution in [-0.4, -0.2) is 5.84 Å². The molecule has 1 atom stereocenters. The summed E-state index contributed by atoms with van der Waals surface area (Å²) in [5, 5.41) is 2.58. The van der Waals surface area contributed by atoms with Crippen molar-refractivity contribution < 1.29 is 0 Å². The summed E-state index contributed by atoms with van der Waals surface area (Å²) in [6.07, 6.45) is 3.24. The summed E-state index contributed by atoms with van der Waals surface area (Å²) in [5.74, 6) is 1.13. The van der Waals surface area contributed by atoms with Crippen LogP contribution >= 0.6 is 0 Å². The summed E-state index contributed by atoms with van der Waals surface area (Å²) in [4.78, 5) is 7.36. The zero-order valence-electron chi connectivity index (χ0n) is 17.3. The number of hydrogen-bond donors (Lipinski definition) is 0. The van der Waals surface area contributed by atoms with Gasteiger partial charge in [-0.05, 0) is 58.7 Å². The topological polar surface area (TPSA) is 15.6 Å². The van der Waals surface area contributed by atoms with Gasteiger partial charge in [0.15, 0.2) is 0 Å². The molecule has 0 N–H and O–H groups in total. The number of para-hydroxylation sites is 1. The molecule has 1 fully saturated rings. The highest BCUT2D eigenvalue weighted by molar-refractivity contribution is 6.06. The molecule has 0 spiro atoms. The zero-order valence-corrected chi connectivity index (χ0v) is 17.3. The van der Waals surface area contributed by atoms with Crippen LogP contribution in [-0.2, 0) is 6.42 Å². The minimum atomic E-state index is 0.314. The first kappa shape index (κ1) is 18.6. The minimum Gasteiger partial charge on any atom is -0.322 e. The molecule has 0 aromatic heterocycles. The second-order valence-electron chi connectivity index (χ2n) is 7.98. The van der Waals surface area contributed by atoms with Crippen LogP contribution in [0.1, 0.15) is 36.9 Å². The Morgan fingerprint density at radius 1 is 0.800 bits per heavy atom. The van der Waals surface area contributed by atoms with Gasteiger partial charge in [0.05, 0.1) is 11.7 Å². The van der Waals surface area contributed by atoms with Crippen LogP contribution in [0, 0.1) is 0 Å². The Morgan fingerprint density at radius 2 is 1.53 bits per heavy atom. The molecule has 0 bridgehead atoms. The third-order valence-corrected chi connectivity index (χ3v) is 5.89. The predicted octanol–water partition coefficient (Wildman–Crippen LogP) is 7.47. The Kier molecular flexibility index (Phi) is 5.06. The van der Waals surface area contributed by atoms with E-state index in [2.05, 4.69) is 90.7 Å². The number of amidine groups is 1. The van der Waals surface area contributed by atoms with E-state index in [9.17, 15) is 0 Å². The summed E-state index contributed by atoms with van der Waals surface area (Å²) >= 11 is 0. The molecule has 30 heavy (non-hydrogen) atoms. The van der Waals surface area contributed by atoms with Crippen molar-refractivity contribution in [2.75, 3.05) is 4.90 Å². The number of aliphatic imine (C=N–C) groups is 1. The van der Waals surface area contributed by atoms with Crippen molar-refractivity contribution in [1.82, 2.24) is 0 Å². The highest BCUT2D eigenvalue weighted by Gasteiger charge is 2.36. The fourth-order valence-electron chi connectivity index (χ4n) is 4.30. The van der Waals surface area contributed by atoms with E-state index in [0.29, 0.717) is 6.04 Å². The van der Waals surface area contributed by atoms with Gasteiger partial charge in [0.1, 0.15) is 5.84 Å². The van der Waals surface area contributed by atoms with Gasteiger partial charge in [0.25, 0.3) is 0 Å². The predicted molar refractivity (Wildman–Crippen MR) is 128 cm³/mol. The van der Waals surface area contributed by atoms with E-state index < -0.39 is 0 Å². The van der Waals surface area contributed by atoms with Gasteiger partial charge in [-0.15, -0.1) is 0 Å². The molecule has 4 aromatic rings. The second kappa shape index (κ2) is 8.16. The molecule has 1 aliphatic rings. The van der Waals surface area contributed by atoms with E-state index in [0.717, 1.165) is 24.4 Å². The van der Waals surface area contributed by atoms with Gasteiger partial charge in [0.2, 0.25) is 0 Å². The van der Waals surface area contributed by atoms with Gasteiger partial charge in [-0.3, -0.25) is 0 Å². The van der Waals surface area contributed by atoms with Gasteiger partial charge in [0, 0.05) is 12.1 Å². The quantitative estimate of drug-likeness (QED) is 0.345. The minimum absolute atomic E-state index is 0.314. The SMILES string of the molecule is CCCc1ccc(N2C(=Nc3ccccc3)CC2c2ccc3ccccc3c2)cc1. The smallest absolute Gasteiger partial charge is 0.112 e. The second-order valence-corrected chi connectivity index (χ2v) is 7.98. The van der Waals surface area contributed by atoms with Crippen molar-refractivity contribution >= 4 is 28.0 Å². The Morgan fingerprint density at radius 3 is 2.30 bits per heavy atom. The van der Waals surface area contributed by atoms with Crippen LogP contribution in [0.2, 0.25) is 0 Å². The molecule has 0 saturated carbocycles. The van der Waals surface area contributed by atoms with E-state index in [1.165, 1.54) is 34.0 Å². The lowest BCUT2D eigenvalue weighted by Crippen LogP contribution is -2.46. The van der Waals surface area contributed by atoms with E-state index in [4.69, 9.17) is 4.99 Å². The van der Waals surface area contributed by atoms with Crippen molar-refractivity contribution in [3.8, 4) is 0 Å². The van der Waals surface area contributed by atoms with Crippen molar-refractivity contribution in [2.24, 2.45) is 4.99 Å². The molecular formula is C28H26N2. The van der Waals surface area contributed by atoms with Gasteiger partial charge in [-0.1, -0.05) is 80.1 Å². The Balaban J connectivity index is 1.52. The molecule has 148 valence electrons. The molecule has 0 radical (unpaired) electrons. The van der Waals surface area contributed by atoms with E-state index in [1.807, 2.05) is 18.2 Å². The van der Waals surface area contributed by atoms with Crippen molar-refractivity contribution in [2.45, 2.75) is 32.2 Å². The molecule has 2 heteroatoms. The van der Waals surface area contributed by atoms with Crippen molar-refractivity contribution in [3.05, 3.63) is 108 Å². The lowest BCUT2D eigenvalue weighted by Gasteiger charge is -2.44. The summed E-state index contributed by atoms with van der Waals surface area (Å²) in [6.45, 7) is 2.23. The fourth-order valence-corrected chi connectivity index (χ4v) is 4.30. The third-order valence-electron chi connectivity index (χ3n) is 5.89. The first-order valence-electron chi connectivity index (χ1n) is 10.8. The van der Waals surface area contributed by atoms with Crippen LogP contribution < -0.4 is 4.90 Å². The zero-order chi connectivity index (χ0) is 20.3. The third kappa shape index (κ3) is 3.61. The van der Waals surface area contributed by atoms with E-state index >= 15 is 0 Å². The van der Waals surface area contributed by atoms with Crippen molar-refractivity contribution in [3.63, 3.8) is 0 Å². The molecule has 1 unspecified atom stereocenters. The lowest BCUT2D eigenvalue weighted by atomic mass is 9.90. The first-order chi connectivity index (χ1) is 14.8. The Labute approximate surface area is 178 Å². The fraction of sp³-hybridized carbons (Fsp3) is 0.179. The molecule has 1 aliphatic heterocycles. The largest absolute Gasteiger partial charge is 0.322 e. The van der Waals surface area contributed by atoms with Gasteiger partial charge in [-0.2, -0.15) is 0 Å². The maximum atomic E-state index is 4.96. The number of rotatable bonds is 5. The summed E-state index contributed by atoms with van der Waals surface area (Å²) in [7, 11) is 0. The summed E-state index contributed by atoms with van der Waals surface area (Å²) in [6, 6.07) is 35.0. The molecule has 1 heterocycles. The number of aryl methyl sites for hydroxylation is 1. The summed E-state index contributed by atoms with van der Waals surface area (Å²) in [5.41, 5.74) is 4.97. The van der Waals surface area contributed by atoms with Gasteiger partial charge < -0.3 is 4.90 Å². The van der Waals surface area contributed by atoms with Crippen LogP contribution in [0.15, 0.2) is 102 Å². The maximum absolute atomic E-state index is 4.96. The number of anilines is 1. The average molecular weight is 391 g/mol. The maximum Gasteiger partial charge on any atom is 0.112 e. The molecule has 2 nitrogen and oxygen atoms in total. The van der Waals surface area contributed by atoms with Gasteiger partial charge >= 0.3 is 0 Å². The summed E-state index contributed by atoms with van der Waals surface area (Å²) < 4.78 is 0. The number of nitrogens with zero attached hydrogens (tertiary/aromatic N) is 2. The Bertz CT molecular complexity index is 1180. The molecule has 1 saturated heterocycles. The van der Waals surface area contributed by atoms with Crippen LogP contribution in [0.5, 0.6) is 0 Å². The molecule has 5 rings (SSSR count). The standard InChI is InChI=1S/C28H26N2/c1-2-8-21-13-17-26(18-14-21)30-27(20-28(30)29-25-11-4-3-5-12-25)24-16-15-22-9-6-7-10-23(22)19-24/h3-7,9-19,27H,2,8,20H2,1H3. The average Bonchev–Trinajstić information content (AvgIpc) is 2.78. The highest BCUT2D eigenvalue weighted by atomic mass is 15.3. The number of fused-ring (bicyclic) bond motifs is 1. The number of benzene rings is 4. The van der Waals surface area contributed by atoms with Crippen LogP contribution in [0.4, 0.5) is 11.4 Å². The first-order valence-corrected chi connectivity index (χ1v) is 10.8. The Hall–Kier alpha value is -3.39.